The number of hydrogen-bond donors (Lipinski definition) is 2. The van der Waals surface area contributed by atoms with Crippen molar-refractivity contribution in [3.05, 3.63) is 45.6 Å². The first-order chi connectivity index (χ1) is 11.5. The Morgan fingerprint density at radius 2 is 2.17 bits per heavy atom. The second kappa shape index (κ2) is 8.80. The molecule has 0 amide bonds. The summed E-state index contributed by atoms with van der Waals surface area (Å²) >= 11 is 7.44. The molecule has 0 aliphatic heterocycles. The van der Waals surface area contributed by atoms with Crippen LogP contribution in [0.3, 0.4) is 0 Å². The van der Waals surface area contributed by atoms with E-state index in [-0.39, 0.29) is 29.7 Å². The molecular weight excluding hydrogens is 374 g/mol. The zero-order chi connectivity index (χ0) is 17.6. The van der Waals surface area contributed by atoms with E-state index in [1.807, 2.05) is 17.5 Å². The number of rotatable bonds is 9. The lowest BCUT2D eigenvalue weighted by atomic mass is 10.3. The van der Waals surface area contributed by atoms with Gasteiger partial charge in [-0.3, -0.25) is 0 Å². The molecule has 1 aromatic heterocycles. The second-order valence-electron chi connectivity index (χ2n) is 4.75. The van der Waals surface area contributed by atoms with Gasteiger partial charge in [-0.1, -0.05) is 17.7 Å². The van der Waals surface area contributed by atoms with Gasteiger partial charge in [-0.2, -0.15) is 0 Å². The van der Waals surface area contributed by atoms with E-state index in [4.69, 9.17) is 26.2 Å². The van der Waals surface area contributed by atoms with Gasteiger partial charge < -0.3 is 14.6 Å². The SMILES string of the molecule is COc1ccc(S(=O)(=O)NC[C@H](OCCO)c2cccs2)cc1Cl. The van der Waals surface area contributed by atoms with E-state index >= 15 is 0 Å². The maximum absolute atomic E-state index is 12.4. The van der Waals surface area contributed by atoms with Gasteiger partial charge in [0.25, 0.3) is 0 Å². The summed E-state index contributed by atoms with van der Waals surface area (Å²) in [5, 5.41) is 11.0. The Hall–Kier alpha value is -1.16. The van der Waals surface area contributed by atoms with E-state index < -0.39 is 16.1 Å². The van der Waals surface area contributed by atoms with Crippen LogP contribution in [-0.2, 0) is 14.8 Å². The van der Waals surface area contributed by atoms with Crippen molar-refractivity contribution < 1.29 is 23.0 Å². The van der Waals surface area contributed by atoms with Crippen molar-refractivity contribution in [2.45, 2.75) is 11.0 Å². The first-order valence-corrected chi connectivity index (χ1v) is 9.81. The Kier molecular flexibility index (Phi) is 7.02. The zero-order valence-electron chi connectivity index (χ0n) is 12.9. The minimum atomic E-state index is -3.75. The number of benzene rings is 1. The molecule has 24 heavy (non-hydrogen) atoms. The number of methoxy groups -OCH3 is 1. The van der Waals surface area contributed by atoms with E-state index in [0.717, 1.165) is 4.88 Å². The van der Waals surface area contributed by atoms with Crippen LogP contribution in [0.25, 0.3) is 0 Å². The summed E-state index contributed by atoms with van der Waals surface area (Å²) < 4.78 is 37.9. The Balaban J connectivity index is 2.11. The van der Waals surface area contributed by atoms with Gasteiger partial charge in [0.1, 0.15) is 11.9 Å². The molecule has 2 rings (SSSR count). The summed E-state index contributed by atoms with van der Waals surface area (Å²) in [6, 6.07) is 7.95. The van der Waals surface area contributed by atoms with Crippen LogP contribution in [0.1, 0.15) is 11.0 Å². The van der Waals surface area contributed by atoms with Crippen molar-refractivity contribution in [3.63, 3.8) is 0 Å². The summed E-state index contributed by atoms with van der Waals surface area (Å²) in [6.45, 7) is 0.0356. The topological polar surface area (TPSA) is 84.9 Å². The van der Waals surface area contributed by atoms with Crippen molar-refractivity contribution in [1.29, 1.82) is 0 Å². The molecule has 0 saturated carbocycles. The Labute approximate surface area is 150 Å². The third-order valence-electron chi connectivity index (χ3n) is 3.16. The molecule has 0 radical (unpaired) electrons. The van der Waals surface area contributed by atoms with Crippen molar-refractivity contribution >= 4 is 33.0 Å². The fourth-order valence-corrected chi connectivity index (χ4v) is 4.15. The lowest BCUT2D eigenvalue weighted by Gasteiger charge is -2.17. The molecule has 2 N–H and O–H groups in total. The maximum Gasteiger partial charge on any atom is 0.240 e. The molecule has 0 spiro atoms. The van der Waals surface area contributed by atoms with Crippen LogP contribution in [0.15, 0.2) is 40.6 Å². The molecule has 0 aliphatic rings. The highest BCUT2D eigenvalue weighted by molar-refractivity contribution is 7.89. The number of nitrogens with one attached hydrogen (secondary N) is 1. The third kappa shape index (κ3) is 4.92. The van der Waals surface area contributed by atoms with Crippen LogP contribution in [0, 0.1) is 0 Å². The van der Waals surface area contributed by atoms with Gasteiger partial charge in [0.2, 0.25) is 10.0 Å². The lowest BCUT2D eigenvalue weighted by Crippen LogP contribution is -2.29. The molecule has 0 bridgehead atoms. The van der Waals surface area contributed by atoms with E-state index in [1.54, 1.807) is 0 Å². The highest BCUT2D eigenvalue weighted by Gasteiger charge is 2.20. The molecule has 1 aromatic carbocycles. The van der Waals surface area contributed by atoms with Crippen LogP contribution in [0.2, 0.25) is 5.02 Å². The molecule has 9 heteroatoms. The largest absolute Gasteiger partial charge is 0.495 e. The standard InChI is InChI=1S/C15H18ClNO5S2/c1-21-13-5-4-11(9-12(13)16)24(19,20)17-10-14(22-7-6-18)15-3-2-8-23-15/h2-5,8-9,14,17-18H,6-7,10H2,1H3/t14-/m0/s1. The number of hydrogen-bond acceptors (Lipinski definition) is 6. The van der Waals surface area contributed by atoms with Gasteiger partial charge in [0.05, 0.1) is 30.2 Å². The molecule has 1 atom stereocenters. The lowest BCUT2D eigenvalue weighted by molar-refractivity contribution is 0.0328. The van der Waals surface area contributed by atoms with Gasteiger partial charge in [0, 0.05) is 11.4 Å². The molecule has 132 valence electrons. The molecule has 2 aromatic rings. The summed E-state index contributed by atoms with van der Waals surface area (Å²) in [4.78, 5) is 0.916. The molecule has 0 unspecified atom stereocenters. The van der Waals surface area contributed by atoms with Gasteiger partial charge >= 0.3 is 0 Å². The normalized spacial score (nSPS) is 13.0. The van der Waals surface area contributed by atoms with E-state index in [2.05, 4.69) is 4.72 Å². The van der Waals surface area contributed by atoms with Crippen LogP contribution in [0.4, 0.5) is 0 Å². The van der Waals surface area contributed by atoms with Crippen molar-refractivity contribution in [2.75, 3.05) is 26.9 Å². The average molecular weight is 392 g/mol. The van der Waals surface area contributed by atoms with Crippen LogP contribution < -0.4 is 9.46 Å². The Bertz CT molecular complexity index is 749. The molecule has 1 heterocycles. The van der Waals surface area contributed by atoms with Gasteiger partial charge in [-0.05, 0) is 29.6 Å². The monoisotopic (exact) mass is 391 g/mol. The quantitative estimate of drug-likeness (QED) is 0.685. The van der Waals surface area contributed by atoms with E-state index in [9.17, 15) is 8.42 Å². The first-order valence-electron chi connectivity index (χ1n) is 7.07. The predicted octanol–water partition coefficient (Wildman–Crippen LogP) is 2.44. The van der Waals surface area contributed by atoms with Gasteiger partial charge in [-0.15, -0.1) is 11.3 Å². The minimum Gasteiger partial charge on any atom is -0.495 e. The fourth-order valence-electron chi connectivity index (χ4n) is 1.99. The summed E-state index contributed by atoms with van der Waals surface area (Å²) in [7, 11) is -2.29. The molecule has 0 saturated heterocycles. The fraction of sp³-hybridized carbons (Fsp3) is 0.333. The average Bonchev–Trinajstić information content (AvgIpc) is 3.09. The number of halogens is 1. The number of ether oxygens (including phenoxy) is 2. The van der Waals surface area contributed by atoms with Crippen LogP contribution in [0.5, 0.6) is 5.75 Å². The molecular formula is C15H18ClNO5S2. The minimum absolute atomic E-state index is 0.0420. The van der Waals surface area contributed by atoms with E-state index in [1.165, 1.54) is 36.6 Å². The van der Waals surface area contributed by atoms with Crippen molar-refractivity contribution in [1.82, 2.24) is 4.72 Å². The highest BCUT2D eigenvalue weighted by Crippen LogP contribution is 2.27. The number of aliphatic hydroxyl groups is 1. The predicted molar refractivity (Wildman–Crippen MR) is 93.3 cm³/mol. The number of sulfonamides is 1. The van der Waals surface area contributed by atoms with Crippen LogP contribution >= 0.6 is 22.9 Å². The van der Waals surface area contributed by atoms with E-state index in [0.29, 0.717) is 5.75 Å². The second-order valence-corrected chi connectivity index (χ2v) is 7.90. The Morgan fingerprint density at radius 3 is 2.75 bits per heavy atom. The van der Waals surface area contributed by atoms with Crippen LogP contribution in [-0.4, -0.2) is 40.4 Å². The summed E-state index contributed by atoms with van der Waals surface area (Å²) in [5.41, 5.74) is 0. The first kappa shape index (κ1) is 19.2. The number of aliphatic hydroxyl groups excluding tert-OH is 1. The number of thiophene rings is 1. The Morgan fingerprint density at radius 1 is 1.38 bits per heavy atom. The third-order valence-corrected chi connectivity index (χ3v) is 5.84. The van der Waals surface area contributed by atoms with Gasteiger partial charge in [0.15, 0.2) is 0 Å². The molecule has 6 nitrogen and oxygen atoms in total. The van der Waals surface area contributed by atoms with Gasteiger partial charge in [-0.25, -0.2) is 13.1 Å². The molecule has 0 fully saturated rings. The maximum atomic E-state index is 12.4. The summed E-state index contributed by atoms with van der Waals surface area (Å²) in [6.07, 6.45) is -0.472. The smallest absolute Gasteiger partial charge is 0.240 e. The highest BCUT2D eigenvalue weighted by atomic mass is 35.5. The van der Waals surface area contributed by atoms with Crippen molar-refractivity contribution in [2.24, 2.45) is 0 Å². The molecule has 0 aliphatic carbocycles. The summed E-state index contributed by atoms with van der Waals surface area (Å²) in [5.74, 6) is 0.401. The van der Waals surface area contributed by atoms with Crippen molar-refractivity contribution in [3.8, 4) is 5.75 Å². The zero-order valence-corrected chi connectivity index (χ0v) is 15.3.